The fraction of sp³-hybridized carbons (Fsp3) is 0.261. The van der Waals surface area contributed by atoms with Crippen molar-refractivity contribution in [1.29, 1.82) is 0 Å². The molecule has 1 aliphatic heterocycles. The van der Waals surface area contributed by atoms with E-state index in [2.05, 4.69) is 9.83 Å². The fourth-order valence-electron chi connectivity index (χ4n) is 3.94. The van der Waals surface area contributed by atoms with E-state index in [1.165, 1.54) is 11.1 Å². The highest BCUT2D eigenvalue weighted by atomic mass is 16.3. The second-order valence-corrected chi connectivity index (χ2v) is 7.41. The number of aliphatic hydroxyl groups excluding tert-OH is 1. The number of aromatic amines is 1. The summed E-state index contributed by atoms with van der Waals surface area (Å²) in [6.07, 6.45) is 0.782. The van der Waals surface area contributed by atoms with E-state index in [-0.39, 0.29) is 0 Å². The largest absolute Gasteiger partial charge is 0.374 e. The first kappa shape index (κ1) is 19.8. The number of carbonyl (C=O) groups excluding carboxylic acids is 2. The molecule has 4 rings (SSSR count). The van der Waals surface area contributed by atoms with Crippen LogP contribution in [0.4, 0.5) is 5.69 Å². The number of nitrogens with one attached hydrogen (secondary N) is 1. The molecule has 0 bridgehead atoms. The summed E-state index contributed by atoms with van der Waals surface area (Å²) in [6, 6.07) is 12.9. The molecule has 2 heterocycles. The summed E-state index contributed by atoms with van der Waals surface area (Å²) < 4.78 is 0. The van der Waals surface area contributed by atoms with Gasteiger partial charge in [0.2, 0.25) is 5.69 Å². The maximum atomic E-state index is 13.0. The number of aliphatic hydroxyl groups is 1. The van der Waals surface area contributed by atoms with Crippen molar-refractivity contribution in [3.8, 4) is 0 Å². The van der Waals surface area contributed by atoms with E-state index in [0.29, 0.717) is 48.3 Å². The van der Waals surface area contributed by atoms with Crippen LogP contribution in [0.3, 0.4) is 0 Å². The fourth-order valence-corrected chi connectivity index (χ4v) is 3.94. The zero-order valence-electron chi connectivity index (χ0n) is 16.6. The summed E-state index contributed by atoms with van der Waals surface area (Å²) in [6.45, 7) is 10.8. The Kier molecular flexibility index (Phi) is 5.36. The number of rotatable bonds is 4. The molecule has 1 aliphatic rings. The van der Waals surface area contributed by atoms with Gasteiger partial charge in [-0.15, -0.1) is 0 Å². The summed E-state index contributed by atoms with van der Waals surface area (Å²) >= 11 is 0. The third-order valence-corrected chi connectivity index (χ3v) is 5.63. The van der Waals surface area contributed by atoms with Gasteiger partial charge in [0, 0.05) is 37.8 Å². The van der Waals surface area contributed by atoms with Crippen molar-refractivity contribution in [1.82, 2.24) is 14.8 Å². The van der Waals surface area contributed by atoms with Crippen LogP contribution < -0.4 is 0 Å². The number of piperazine rings is 1. The van der Waals surface area contributed by atoms with Crippen LogP contribution in [0.25, 0.3) is 15.7 Å². The predicted molar refractivity (Wildman–Crippen MR) is 113 cm³/mol. The lowest BCUT2D eigenvalue weighted by molar-refractivity contribution is -0.130. The zero-order valence-corrected chi connectivity index (χ0v) is 16.6. The summed E-state index contributed by atoms with van der Waals surface area (Å²) in [5.41, 5.74) is 2.94. The third-order valence-electron chi connectivity index (χ3n) is 5.63. The molecule has 1 atom stereocenters. The lowest BCUT2D eigenvalue weighted by Gasteiger charge is -2.37. The van der Waals surface area contributed by atoms with Gasteiger partial charge in [-0.05, 0) is 18.1 Å². The van der Waals surface area contributed by atoms with Gasteiger partial charge in [0.05, 0.1) is 17.7 Å². The molecule has 2 aromatic carbocycles. The SMILES string of the molecule is [C-]#[N+]c1ccc(C)c2c(C(=O)C(=O)N3CCN(C(O)c4ccccc4)CC3)c[nH]c12. The molecule has 1 amide bonds. The van der Waals surface area contributed by atoms with E-state index in [1.807, 2.05) is 42.2 Å². The van der Waals surface area contributed by atoms with Gasteiger partial charge in [-0.2, -0.15) is 0 Å². The van der Waals surface area contributed by atoms with E-state index >= 15 is 0 Å². The highest BCUT2D eigenvalue weighted by Gasteiger charge is 2.30. The highest BCUT2D eigenvalue weighted by molar-refractivity contribution is 6.45. The molecule has 1 saturated heterocycles. The van der Waals surface area contributed by atoms with E-state index in [1.54, 1.807) is 12.1 Å². The summed E-state index contributed by atoms with van der Waals surface area (Å²) in [7, 11) is 0. The molecule has 2 N–H and O–H groups in total. The van der Waals surface area contributed by atoms with Crippen LogP contribution in [0.5, 0.6) is 0 Å². The van der Waals surface area contributed by atoms with E-state index in [0.717, 1.165) is 11.1 Å². The Bertz CT molecular complexity index is 1140. The van der Waals surface area contributed by atoms with Crippen molar-refractivity contribution in [3.05, 3.63) is 76.8 Å². The van der Waals surface area contributed by atoms with Gasteiger partial charge in [-0.25, -0.2) is 4.85 Å². The number of nitrogens with zero attached hydrogens (tertiary/aromatic N) is 3. The molecule has 1 fully saturated rings. The number of fused-ring (bicyclic) bond motifs is 1. The molecular weight excluding hydrogens is 380 g/mol. The number of carbonyl (C=O) groups is 2. The number of ketones is 1. The number of aromatic nitrogens is 1. The lowest BCUT2D eigenvalue weighted by Crippen LogP contribution is -2.51. The molecule has 0 saturated carbocycles. The summed E-state index contributed by atoms with van der Waals surface area (Å²) in [5, 5.41) is 11.2. The summed E-state index contributed by atoms with van der Waals surface area (Å²) in [4.78, 5) is 35.7. The predicted octanol–water partition coefficient (Wildman–Crippen LogP) is 3.05. The molecule has 3 aromatic rings. The minimum Gasteiger partial charge on any atom is -0.374 e. The average Bonchev–Trinajstić information content (AvgIpc) is 3.25. The van der Waals surface area contributed by atoms with Crippen molar-refractivity contribution in [2.75, 3.05) is 26.2 Å². The van der Waals surface area contributed by atoms with Gasteiger partial charge in [-0.3, -0.25) is 14.5 Å². The molecule has 1 aromatic heterocycles. The second kappa shape index (κ2) is 8.11. The first-order valence-electron chi connectivity index (χ1n) is 9.80. The minimum atomic E-state index is -0.734. The Balaban J connectivity index is 1.48. The van der Waals surface area contributed by atoms with Crippen LogP contribution in [0, 0.1) is 13.5 Å². The Morgan fingerprint density at radius 2 is 1.80 bits per heavy atom. The quantitative estimate of drug-likeness (QED) is 0.399. The molecule has 1 unspecified atom stereocenters. The van der Waals surface area contributed by atoms with Gasteiger partial charge < -0.3 is 15.0 Å². The lowest BCUT2D eigenvalue weighted by atomic mass is 10.0. The van der Waals surface area contributed by atoms with Crippen molar-refractivity contribution < 1.29 is 14.7 Å². The molecule has 0 spiro atoms. The molecule has 152 valence electrons. The molecule has 0 aliphatic carbocycles. The highest BCUT2D eigenvalue weighted by Crippen LogP contribution is 2.31. The first-order chi connectivity index (χ1) is 14.5. The molecule has 7 nitrogen and oxygen atoms in total. The smallest absolute Gasteiger partial charge is 0.295 e. The zero-order chi connectivity index (χ0) is 21.3. The van der Waals surface area contributed by atoms with Gasteiger partial charge in [0.15, 0.2) is 0 Å². The monoisotopic (exact) mass is 402 g/mol. The minimum absolute atomic E-state index is 0.296. The molecule has 0 radical (unpaired) electrons. The standard InChI is InChI=1S/C23H22N4O3/c1-15-8-9-18(24-2)20-19(15)17(14-25-20)21(28)23(30)27-12-10-26(11-13-27)22(29)16-6-4-3-5-7-16/h3-9,14,22,25,29H,10-13H2,1H3. The van der Waals surface area contributed by atoms with Crippen LogP contribution in [0.15, 0.2) is 48.7 Å². The number of aryl methyl sites for hydroxylation is 1. The van der Waals surface area contributed by atoms with Crippen LogP contribution in [-0.2, 0) is 4.79 Å². The van der Waals surface area contributed by atoms with Crippen molar-refractivity contribution in [2.45, 2.75) is 13.2 Å². The first-order valence-corrected chi connectivity index (χ1v) is 9.80. The molecule has 7 heteroatoms. The van der Waals surface area contributed by atoms with Gasteiger partial charge in [0.1, 0.15) is 6.23 Å². The molecular formula is C23H22N4O3. The number of hydrogen-bond donors (Lipinski definition) is 2. The Morgan fingerprint density at radius 1 is 1.10 bits per heavy atom. The van der Waals surface area contributed by atoms with E-state index < -0.39 is 17.9 Å². The number of hydrogen-bond acceptors (Lipinski definition) is 4. The topological polar surface area (TPSA) is 81.0 Å². The van der Waals surface area contributed by atoms with E-state index in [9.17, 15) is 14.7 Å². The molecule has 30 heavy (non-hydrogen) atoms. The van der Waals surface area contributed by atoms with Crippen molar-refractivity contribution >= 4 is 28.3 Å². The van der Waals surface area contributed by atoms with Crippen LogP contribution >= 0.6 is 0 Å². The Labute approximate surface area is 174 Å². The van der Waals surface area contributed by atoms with Crippen molar-refractivity contribution in [3.63, 3.8) is 0 Å². The second-order valence-electron chi connectivity index (χ2n) is 7.41. The number of benzene rings is 2. The average molecular weight is 402 g/mol. The number of amides is 1. The van der Waals surface area contributed by atoms with Gasteiger partial charge in [-0.1, -0.05) is 42.5 Å². The van der Waals surface area contributed by atoms with Crippen molar-refractivity contribution in [2.24, 2.45) is 0 Å². The van der Waals surface area contributed by atoms with Gasteiger partial charge >= 0.3 is 0 Å². The maximum absolute atomic E-state index is 13.0. The van der Waals surface area contributed by atoms with Gasteiger partial charge in [0.25, 0.3) is 11.7 Å². The Morgan fingerprint density at radius 3 is 2.47 bits per heavy atom. The number of H-pyrrole nitrogens is 1. The third kappa shape index (κ3) is 3.47. The maximum Gasteiger partial charge on any atom is 0.295 e. The van der Waals surface area contributed by atoms with Crippen LogP contribution in [0.2, 0.25) is 0 Å². The van der Waals surface area contributed by atoms with Crippen LogP contribution in [-0.4, -0.2) is 57.8 Å². The Hall–Kier alpha value is -3.47. The summed E-state index contributed by atoms with van der Waals surface area (Å²) in [5.74, 6) is -1.14. The normalized spacial score (nSPS) is 15.7. The van der Waals surface area contributed by atoms with Crippen LogP contribution in [0.1, 0.15) is 27.7 Å². The van der Waals surface area contributed by atoms with E-state index in [4.69, 9.17) is 6.57 Å². The number of Topliss-reactive ketones (excluding diaryl/α,β-unsaturated/α-hetero) is 1.